The molecule has 1 saturated carbocycles. The molecular formula is C15H21F2NO. The number of hydrogen-bond donors (Lipinski definition) is 1. The van der Waals surface area contributed by atoms with Crippen molar-refractivity contribution >= 4 is 0 Å². The zero-order valence-electron chi connectivity index (χ0n) is 11.2. The minimum Gasteiger partial charge on any atom is -0.434 e. The molecule has 0 saturated heterocycles. The van der Waals surface area contributed by atoms with Crippen LogP contribution in [0.15, 0.2) is 24.3 Å². The predicted octanol–water partition coefficient (Wildman–Crippen LogP) is 4.13. The topological polar surface area (TPSA) is 21.3 Å². The first kappa shape index (κ1) is 14.3. The normalized spacial score (nSPS) is 16.6. The number of ether oxygens (including phenoxy) is 1. The maximum Gasteiger partial charge on any atom is 0.387 e. The summed E-state index contributed by atoms with van der Waals surface area (Å²) in [6.45, 7) is 0.0749. The molecule has 0 aliphatic heterocycles. The molecule has 0 heterocycles. The summed E-state index contributed by atoms with van der Waals surface area (Å²) >= 11 is 0. The largest absolute Gasteiger partial charge is 0.434 e. The number of benzene rings is 1. The number of hydrogen-bond acceptors (Lipinski definition) is 2. The van der Waals surface area contributed by atoms with Crippen molar-refractivity contribution in [2.24, 2.45) is 5.92 Å². The molecule has 1 aliphatic rings. The summed E-state index contributed by atoms with van der Waals surface area (Å²) < 4.78 is 29.5. The summed E-state index contributed by atoms with van der Waals surface area (Å²) in [6.07, 6.45) is 4.75. The number of para-hydroxylation sites is 1. The van der Waals surface area contributed by atoms with Crippen LogP contribution in [0.4, 0.5) is 8.78 Å². The molecule has 2 rings (SSSR count). The molecule has 1 unspecified atom stereocenters. The lowest BCUT2D eigenvalue weighted by molar-refractivity contribution is -0.0507. The summed E-state index contributed by atoms with van der Waals surface area (Å²) in [6, 6.07) is 7.18. The van der Waals surface area contributed by atoms with Gasteiger partial charge < -0.3 is 10.1 Å². The Kier molecular flexibility index (Phi) is 5.14. The van der Waals surface area contributed by atoms with Gasteiger partial charge in [-0.2, -0.15) is 8.78 Å². The molecule has 1 aliphatic carbocycles. The molecule has 1 atom stereocenters. The molecule has 1 aromatic carbocycles. The Morgan fingerprint density at radius 3 is 2.68 bits per heavy atom. The van der Waals surface area contributed by atoms with E-state index in [1.54, 1.807) is 12.1 Å². The summed E-state index contributed by atoms with van der Waals surface area (Å²) in [5, 5.41) is 3.37. The third-order valence-electron chi connectivity index (χ3n) is 3.52. The Labute approximate surface area is 113 Å². The quantitative estimate of drug-likeness (QED) is 0.766. The first-order valence-corrected chi connectivity index (χ1v) is 6.97. The van der Waals surface area contributed by atoms with E-state index < -0.39 is 6.61 Å². The fourth-order valence-electron chi connectivity index (χ4n) is 2.39. The first-order chi connectivity index (χ1) is 9.20. The summed E-state index contributed by atoms with van der Waals surface area (Å²) in [5.41, 5.74) is 0.838. The van der Waals surface area contributed by atoms with Crippen molar-refractivity contribution in [1.82, 2.24) is 5.32 Å². The highest BCUT2D eigenvalue weighted by atomic mass is 19.3. The van der Waals surface area contributed by atoms with Crippen LogP contribution < -0.4 is 10.1 Å². The molecule has 1 N–H and O–H groups in total. The Bertz CT molecular complexity index is 393. The zero-order chi connectivity index (χ0) is 13.7. The standard InChI is InChI=1S/C15H21F2NO/c1-2-18-13(10-9-11-7-8-11)12-5-3-4-6-14(12)19-15(16)17/h3-6,11,13,15,18H,2,7-10H2,1H3. The van der Waals surface area contributed by atoms with Gasteiger partial charge in [0.1, 0.15) is 5.75 Å². The summed E-state index contributed by atoms with van der Waals surface area (Å²) in [4.78, 5) is 0. The number of alkyl halides is 2. The maximum absolute atomic E-state index is 12.4. The molecule has 1 aromatic rings. The van der Waals surface area contributed by atoms with Crippen LogP contribution in [0.2, 0.25) is 0 Å². The molecule has 19 heavy (non-hydrogen) atoms. The highest BCUT2D eigenvalue weighted by molar-refractivity contribution is 5.36. The van der Waals surface area contributed by atoms with E-state index in [0.717, 1.165) is 30.9 Å². The average Bonchev–Trinajstić information content (AvgIpc) is 3.19. The third-order valence-corrected chi connectivity index (χ3v) is 3.52. The molecule has 0 bridgehead atoms. The van der Waals surface area contributed by atoms with Crippen molar-refractivity contribution in [2.45, 2.75) is 45.3 Å². The number of halogens is 2. The van der Waals surface area contributed by atoms with Gasteiger partial charge in [-0.3, -0.25) is 0 Å². The van der Waals surface area contributed by atoms with Crippen LogP contribution in [0.5, 0.6) is 5.75 Å². The van der Waals surface area contributed by atoms with E-state index in [1.165, 1.54) is 12.8 Å². The van der Waals surface area contributed by atoms with Crippen LogP contribution in [0.1, 0.15) is 44.2 Å². The van der Waals surface area contributed by atoms with Crippen molar-refractivity contribution in [3.05, 3.63) is 29.8 Å². The van der Waals surface area contributed by atoms with Gasteiger partial charge in [0.2, 0.25) is 0 Å². The minimum absolute atomic E-state index is 0.0977. The third kappa shape index (κ3) is 4.46. The van der Waals surface area contributed by atoms with Crippen molar-refractivity contribution in [1.29, 1.82) is 0 Å². The molecule has 0 spiro atoms. The van der Waals surface area contributed by atoms with Gasteiger partial charge >= 0.3 is 6.61 Å². The average molecular weight is 269 g/mol. The monoisotopic (exact) mass is 269 g/mol. The van der Waals surface area contributed by atoms with Crippen LogP contribution in [0.25, 0.3) is 0 Å². The summed E-state index contributed by atoms with van der Waals surface area (Å²) in [7, 11) is 0. The van der Waals surface area contributed by atoms with Crippen LogP contribution in [-0.4, -0.2) is 13.2 Å². The Hall–Kier alpha value is -1.16. The SMILES string of the molecule is CCNC(CCC1CC1)c1ccccc1OC(F)F. The van der Waals surface area contributed by atoms with Gasteiger partial charge in [-0.1, -0.05) is 38.0 Å². The fraction of sp³-hybridized carbons (Fsp3) is 0.600. The summed E-state index contributed by atoms with van der Waals surface area (Å²) in [5.74, 6) is 1.13. The van der Waals surface area contributed by atoms with Crippen LogP contribution in [0, 0.1) is 5.92 Å². The van der Waals surface area contributed by atoms with E-state index in [-0.39, 0.29) is 6.04 Å². The van der Waals surface area contributed by atoms with Crippen LogP contribution in [0.3, 0.4) is 0 Å². The van der Waals surface area contributed by atoms with E-state index in [9.17, 15) is 8.78 Å². The smallest absolute Gasteiger partial charge is 0.387 e. The van der Waals surface area contributed by atoms with E-state index in [2.05, 4.69) is 10.1 Å². The highest BCUT2D eigenvalue weighted by Crippen LogP contribution is 2.37. The second kappa shape index (κ2) is 6.85. The fourth-order valence-corrected chi connectivity index (χ4v) is 2.39. The van der Waals surface area contributed by atoms with Crippen molar-refractivity contribution in [3.63, 3.8) is 0 Å². The van der Waals surface area contributed by atoms with Gasteiger partial charge in [-0.25, -0.2) is 0 Å². The van der Waals surface area contributed by atoms with Crippen molar-refractivity contribution in [2.75, 3.05) is 6.54 Å². The molecule has 0 radical (unpaired) electrons. The second-order valence-corrected chi connectivity index (χ2v) is 5.05. The van der Waals surface area contributed by atoms with Crippen LogP contribution >= 0.6 is 0 Å². The molecular weight excluding hydrogens is 248 g/mol. The van der Waals surface area contributed by atoms with Gasteiger partial charge in [0, 0.05) is 11.6 Å². The lowest BCUT2D eigenvalue weighted by Crippen LogP contribution is -2.22. The van der Waals surface area contributed by atoms with Gasteiger partial charge in [-0.15, -0.1) is 0 Å². The lowest BCUT2D eigenvalue weighted by Gasteiger charge is -2.21. The molecule has 2 nitrogen and oxygen atoms in total. The lowest BCUT2D eigenvalue weighted by atomic mass is 9.99. The van der Waals surface area contributed by atoms with Gasteiger partial charge in [-0.05, 0) is 31.4 Å². The molecule has 4 heteroatoms. The Morgan fingerprint density at radius 2 is 2.05 bits per heavy atom. The maximum atomic E-state index is 12.4. The van der Waals surface area contributed by atoms with Crippen LogP contribution in [-0.2, 0) is 0 Å². The molecule has 0 amide bonds. The second-order valence-electron chi connectivity index (χ2n) is 5.05. The molecule has 106 valence electrons. The first-order valence-electron chi connectivity index (χ1n) is 6.97. The van der Waals surface area contributed by atoms with E-state index >= 15 is 0 Å². The van der Waals surface area contributed by atoms with Gasteiger partial charge in [0.15, 0.2) is 0 Å². The Balaban J connectivity index is 2.08. The van der Waals surface area contributed by atoms with E-state index in [1.807, 2.05) is 19.1 Å². The van der Waals surface area contributed by atoms with Gasteiger partial charge in [0.25, 0.3) is 0 Å². The minimum atomic E-state index is -2.77. The van der Waals surface area contributed by atoms with Gasteiger partial charge in [0.05, 0.1) is 0 Å². The molecule has 1 fully saturated rings. The highest BCUT2D eigenvalue weighted by Gasteiger charge is 2.24. The van der Waals surface area contributed by atoms with Crippen molar-refractivity contribution in [3.8, 4) is 5.75 Å². The molecule has 0 aromatic heterocycles. The number of nitrogens with one attached hydrogen (secondary N) is 1. The zero-order valence-corrected chi connectivity index (χ0v) is 11.2. The number of rotatable bonds is 8. The predicted molar refractivity (Wildman–Crippen MR) is 71.4 cm³/mol. The van der Waals surface area contributed by atoms with Crippen molar-refractivity contribution < 1.29 is 13.5 Å². The van der Waals surface area contributed by atoms with E-state index in [0.29, 0.717) is 5.75 Å². The van der Waals surface area contributed by atoms with E-state index in [4.69, 9.17) is 0 Å². The Morgan fingerprint density at radius 1 is 1.32 bits per heavy atom.